The summed E-state index contributed by atoms with van der Waals surface area (Å²) < 4.78 is 13.5. The minimum atomic E-state index is 0.309. The Labute approximate surface area is 117 Å². The van der Waals surface area contributed by atoms with Crippen LogP contribution < -0.4 is 14.8 Å². The molecule has 1 atom stereocenters. The maximum Gasteiger partial charge on any atom is 0.203 e. The number of rotatable bonds is 1. The van der Waals surface area contributed by atoms with Gasteiger partial charge in [0.2, 0.25) is 5.95 Å². The van der Waals surface area contributed by atoms with Gasteiger partial charge >= 0.3 is 0 Å². The molecule has 0 radical (unpaired) electrons. The third-order valence-electron chi connectivity index (χ3n) is 3.84. The van der Waals surface area contributed by atoms with E-state index in [-0.39, 0.29) is 0 Å². The van der Waals surface area contributed by atoms with E-state index >= 15 is 0 Å². The van der Waals surface area contributed by atoms with Crippen molar-refractivity contribution in [3.8, 4) is 11.5 Å². The van der Waals surface area contributed by atoms with Gasteiger partial charge in [-0.2, -0.15) is 0 Å². The van der Waals surface area contributed by atoms with Crippen LogP contribution in [-0.4, -0.2) is 29.3 Å². The smallest absolute Gasteiger partial charge is 0.203 e. The minimum absolute atomic E-state index is 0.309. The van der Waals surface area contributed by atoms with Gasteiger partial charge in [-0.3, -0.25) is 0 Å². The van der Waals surface area contributed by atoms with Crippen LogP contribution in [0.15, 0.2) is 24.4 Å². The summed E-state index contributed by atoms with van der Waals surface area (Å²) in [6.45, 7) is 4.21. The zero-order valence-electron chi connectivity index (χ0n) is 11.4. The van der Waals surface area contributed by atoms with Gasteiger partial charge in [-0.15, -0.1) is 0 Å². The lowest BCUT2D eigenvalue weighted by Crippen LogP contribution is -2.23. The van der Waals surface area contributed by atoms with Crippen LogP contribution in [0.3, 0.4) is 0 Å². The summed E-state index contributed by atoms with van der Waals surface area (Å²) in [7, 11) is 0. The highest BCUT2D eigenvalue weighted by Gasteiger charge is 2.23. The van der Waals surface area contributed by atoms with Crippen LogP contribution in [0.5, 0.6) is 11.5 Å². The summed E-state index contributed by atoms with van der Waals surface area (Å²) >= 11 is 0. The quantitative estimate of drug-likeness (QED) is 0.865. The first-order chi connectivity index (χ1) is 9.81. The Kier molecular flexibility index (Phi) is 2.58. The van der Waals surface area contributed by atoms with Crippen LogP contribution >= 0.6 is 0 Å². The molecule has 0 saturated heterocycles. The number of imidazole rings is 1. The summed E-state index contributed by atoms with van der Waals surface area (Å²) in [5.74, 6) is 2.65. The summed E-state index contributed by atoms with van der Waals surface area (Å²) in [6.07, 6.45) is 3.14. The number of ether oxygens (including phenoxy) is 2. The summed E-state index contributed by atoms with van der Waals surface area (Å²) in [5.41, 5.74) is 2.28. The molecule has 0 fully saturated rings. The number of nitrogens with zero attached hydrogens (tertiary/aromatic N) is 2. The molecule has 1 unspecified atom stereocenters. The van der Waals surface area contributed by atoms with Crippen LogP contribution in [0.2, 0.25) is 0 Å². The standard InChI is InChI=1S/C15H17N3O2/c1-10-9-18-12(4-5-16-15(18)17-10)11-2-3-13-14(8-11)20-7-6-19-13/h2-3,8-9,12H,4-7H2,1H3,(H,16,17). The van der Waals surface area contributed by atoms with Gasteiger partial charge in [0, 0.05) is 12.7 Å². The predicted octanol–water partition coefficient (Wildman–Crippen LogP) is 2.37. The normalized spacial score (nSPS) is 20.1. The molecule has 4 rings (SSSR count). The first-order valence-corrected chi connectivity index (χ1v) is 7.00. The van der Waals surface area contributed by atoms with Crippen molar-refractivity contribution in [1.29, 1.82) is 0 Å². The molecule has 0 saturated carbocycles. The zero-order valence-corrected chi connectivity index (χ0v) is 11.4. The lowest BCUT2D eigenvalue weighted by molar-refractivity contribution is 0.171. The molecule has 104 valence electrons. The van der Waals surface area contributed by atoms with Gasteiger partial charge in [-0.1, -0.05) is 6.07 Å². The highest BCUT2D eigenvalue weighted by molar-refractivity contribution is 5.46. The molecule has 2 aliphatic heterocycles. The Morgan fingerprint density at radius 2 is 2.10 bits per heavy atom. The van der Waals surface area contributed by atoms with E-state index in [0.717, 1.165) is 36.1 Å². The lowest BCUT2D eigenvalue weighted by Gasteiger charge is -2.27. The molecule has 2 aliphatic rings. The number of nitrogens with one attached hydrogen (secondary N) is 1. The van der Waals surface area contributed by atoms with E-state index in [2.05, 4.69) is 33.2 Å². The second-order valence-corrected chi connectivity index (χ2v) is 5.25. The molecule has 5 nitrogen and oxygen atoms in total. The van der Waals surface area contributed by atoms with Gasteiger partial charge in [-0.05, 0) is 31.0 Å². The second-order valence-electron chi connectivity index (χ2n) is 5.25. The fourth-order valence-electron chi connectivity index (χ4n) is 2.94. The topological polar surface area (TPSA) is 48.3 Å². The maximum absolute atomic E-state index is 5.68. The predicted molar refractivity (Wildman–Crippen MR) is 75.6 cm³/mol. The van der Waals surface area contributed by atoms with Gasteiger partial charge in [0.1, 0.15) is 13.2 Å². The van der Waals surface area contributed by atoms with Gasteiger partial charge < -0.3 is 19.4 Å². The van der Waals surface area contributed by atoms with E-state index < -0.39 is 0 Å². The van der Waals surface area contributed by atoms with Gasteiger partial charge in [-0.25, -0.2) is 4.98 Å². The third kappa shape index (κ3) is 1.81. The molecule has 0 amide bonds. The molecule has 0 spiro atoms. The van der Waals surface area contributed by atoms with Crippen molar-refractivity contribution < 1.29 is 9.47 Å². The number of fused-ring (bicyclic) bond motifs is 2. The molecule has 20 heavy (non-hydrogen) atoms. The minimum Gasteiger partial charge on any atom is -0.486 e. The van der Waals surface area contributed by atoms with E-state index in [0.29, 0.717) is 19.3 Å². The Morgan fingerprint density at radius 3 is 3.00 bits per heavy atom. The number of hydrogen-bond donors (Lipinski definition) is 1. The molecule has 0 aliphatic carbocycles. The SMILES string of the molecule is Cc1cn2c(n1)NCCC2c1ccc2c(c1)OCCO2. The average molecular weight is 271 g/mol. The van der Waals surface area contributed by atoms with E-state index in [4.69, 9.17) is 9.47 Å². The Hall–Kier alpha value is -2.17. The highest BCUT2D eigenvalue weighted by Crippen LogP contribution is 2.36. The first kappa shape index (κ1) is 11.6. The van der Waals surface area contributed by atoms with Crippen LogP contribution in [0.25, 0.3) is 0 Å². The van der Waals surface area contributed by atoms with Gasteiger partial charge in [0.15, 0.2) is 11.5 Å². The van der Waals surface area contributed by atoms with E-state index in [9.17, 15) is 0 Å². The molecular weight excluding hydrogens is 254 g/mol. The van der Waals surface area contributed by atoms with E-state index in [1.807, 2.05) is 13.0 Å². The molecule has 1 N–H and O–H groups in total. The Bertz CT molecular complexity index is 651. The van der Waals surface area contributed by atoms with Crippen molar-refractivity contribution >= 4 is 5.95 Å². The van der Waals surface area contributed by atoms with Crippen LogP contribution in [-0.2, 0) is 0 Å². The maximum atomic E-state index is 5.68. The fourth-order valence-corrected chi connectivity index (χ4v) is 2.94. The van der Waals surface area contributed by atoms with Gasteiger partial charge in [0.05, 0.1) is 11.7 Å². The van der Waals surface area contributed by atoms with Crippen LogP contribution in [0.4, 0.5) is 5.95 Å². The second kappa shape index (κ2) is 4.44. The number of benzene rings is 1. The van der Waals surface area contributed by atoms with E-state index in [1.54, 1.807) is 0 Å². The summed E-state index contributed by atoms with van der Waals surface area (Å²) in [5, 5.41) is 3.34. The van der Waals surface area contributed by atoms with Crippen molar-refractivity contribution in [2.75, 3.05) is 25.1 Å². The molecule has 1 aromatic heterocycles. The van der Waals surface area contributed by atoms with Crippen LogP contribution in [0.1, 0.15) is 23.7 Å². The molecule has 1 aromatic carbocycles. The highest BCUT2D eigenvalue weighted by atomic mass is 16.6. The van der Waals surface area contributed by atoms with Crippen molar-refractivity contribution in [2.45, 2.75) is 19.4 Å². The number of aromatic nitrogens is 2. The molecular formula is C15H17N3O2. The monoisotopic (exact) mass is 271 g/mol. The fraction of sp³-hybridized carbons (Fsp3) is 0.400. The van der Waals surface area contributed by atoms with Crippen molar-refractivity contribution in [3.63, 3.8) is 0 Å². The Morgan fingerprint density at radius 1 is 1.25 bits per heavy atom. The average Bonchev–Trinajstić information content (AvgIpc) is 2.86. The lowest BCUT2D eigenvalue weighted by atomic mass is 10.0. The van der Waals surface area contributed by atoms with Crippen molar-refractivity contribution in [3.05, 3.63) is 35.7 Å². The first-order valence-electron chi connectivity index (χ1n) is 7.00. The number of anilines is 1. The number of aryl methyl sites for hydroxylation is 1. The molecule has 2 aromatic rings. The van der Waals surface area contributed by atoms with Crippen molar-refractivity contribution in [2.24, 2.45) is 0 Å². The molecule has 0 bridgehead atoms. The largest absolute Gasteiger partial charge is 0.486 e. The summed E-state index contributed by atoms with van der Waals surface area (Å²) in [6, 6.07) is 6.55. The van der Waals surface area contributed by atoms with Gasteiger partial charge in [0.25, 0.3) is 0 Å². The third-order valence-corrected chi connectivity index (χ3v) is 3.84. The summed E-state index contributed by atoms with van der Waals surface area (Å²) in [4.78, 5) is 4.51. The zero-order chi connectivity index (χ0) is 13.5. The van der Waals surface area contributed by atoms with Crippen LogP contribution in [0, 0.1) is 6.92 Å². The van der Waals surface area contributed by atoms with Crippen molar-refractivity contribution in [1.82, 2.24) is 9.55 Å². The number of hydrogen-bond acceptors (Lipinski definition) is 4. The van der Waals surface area contributed by atoms with E-state index in [1.165, 1.54) is 5.56 Å². The molecule has 5 heteroatoms. The Balaban J connectivity index is 1.74. The molecule has 3 heterocycles.